The van der Waals surface area contributed by atoms with Gasteiger partial charge in [-0.3, -0.25) is 0 Å². The third kappa shape index (κ3) is 5.02. The minimum absolute atomic E-state index is 0.226. The van der Waals surface area contributed by atoms with Crippen LogP contribution in [0.2, 0.25) is 0 Å². The summed E-state index contributed by atoms with van der Waals surface area (Å²) in [6.45, 7) is 7.43. The van der Waals surface area contributed by atoms with Crippen LogP contribution in [0.5, 0.6) is 11.5 Å². The van der Waals surface area contributed by atoms with Crippen LogP contribution >= 0.6 is 11.7 Å². The number of hydrogen-bond acceptors (Lipinski definition) is 8. The third-order valence-electron chi connectivity index (χ3n) is 5.23. The minimum atomic E-state index is -0.473. The highest BCUT2D eigenvalue weighted by Crippen LogP contribution is 2.37. The number of hydrogen-bond donors (Lipinski definition) is 0. The Kier molecular flexibility index (Phi) is 7.69. The monoisotopic (exact) mass is 477 g/mol. The summed E-state index contributed by atoms with van der Waals surface area (Å²) in [7, 11) is 0. The van der Waals surface area contributed by atoms with Crippen LogP contribution in [-0.4, -0.2) is 39.5 Å². The zero-order chi connectivity index (χ0) is 23.9. The van der Waals surface area contributed by atoms with E-state index in [1.807, 2.05) is 62.4 Å². The summed E-state index contributed by atoms with van der Waals surface area (Å²) < 4.78 is 25.8. The van der Waals surface area contributed by atoms with Crippen LogP contribution in [-0.2, 0) is 4.74 Å². The van der Waals surface area contributed by atoms with Crippen molar-refractivity contribution in [3.8, 4) is 33.9 Å². The van der Waals surface area contributed by atoms with Gasteiger partial charge >= 0.3 is 5.97 Å². The zero-order valence-corrected chi connectivity index (χ0v) is 20.4. The lowest BCUT2D eigenvalue weighted by molar-refractivity contribution is 0.0494. The van der Waals surface area contributed by atoms with Gasteiger partial charge in [0.05, 0.1) is 31.5 Å². The van der Waals surface area contributed by atoms with Gasteiger partial charge in [-0.1, -0.05) is 25.5 Å². The molecule has 4 rings (SSSR count). The molecule has 0 N–H and O–H groups in total. The summed E-state index contributed by atoms with van der Waals surface area (Å²) >= 11 is 1.09. The van der Waals surface area contributed by atoms with Crippen molar-refractivity contribution in [2.24, 2.45) is 0 Å². The van der Waals surface area contributed by atoms with Gasteiger partial charge in [0.1, 0.15) is 28.2 Å². The predicted molar refractivity (Wildman–Crippen MR) is 134 cm³/mol. The predicted octanol–water partition coefficient (Wildman–Crippen LogP) is 6.17. The molecular weight excluding hydrogens is 450 g/mol. The quantitative estimate of drug-likeness (QED) is 0.199. The van der Waals surface area contributed by atoms with E-state index in [1.54, 1.807) is 0 Å². The summed E-state index contributed by atoms with van der Waals surface area (Å²) in [5.41, 5.74) is 4.31. The molecule has 0 atom stereocenters. The topological polar surface area (TPSA) is 83.4 Å². The number of fused-ring (bicyclic) bond motifs is 1. The standard InChI is InChI=1S/C26H27N3O4S/c1-4-7-16-33-26(30)24-21(17-8-12-19(13-9-17)31-5-2)23-25(29-34-28-23)22(27-24)18-10-14-20(15-11-18)32-6-3/h8-15H,4-7,16H2,1-3H3. The SMILES string of the molecule is CCCCOC(=O)c1nc(-c2ccc(OCC)cc2)c2nsnc2c1-c1ccc(OCC)cc1. The van der Waals surface area contributed by atoms with Crippen molar-refractivity contribution in [3.05, 3.63) is 54.2 Å². The molecule has 0 amide bonds. The first-order valence-electron chi connectivity index (χ1n) is 11.5. The highest BCUT2D eigenvalue weighted by molar-refractivity contribution is 7.00. The van der Waals surface area contributed by atoms with Crippen LogP contribution in [0.4, 0.5) is 0 Å². The van der Waals surface area contributed by atoms with Gasteiger partial charge < -0.3 is 14.2 Å². The van der Waals surface area contributed by atoms with E-state index < -0.39 is 5.97 Å². The number of ether oxygens (including phenoxy) is 3. The lowest BCUT2D eigenvalue weighted by Crippen LogP contribution is -2.11. The molecule has 0 unspecified atom stereocenters. The molecule has 0 saturated heterocycles. The number of carbonyl (C=O) groups is 1. The average Bonchev–Trinajstić information content (AvgIpc) is 3.35. The Balaban J connectivity index is 1.86. The van der Waals surface area contributed by atoms with E-state index in [9.17, 15) is 4.79 Å². The van der Waals surface area contributed by atoms with Crippen molar-refractivity contribution in [1.82, 2.24) is 13.7 Å². The van der Waals surface area contributed by atoms with Crippen molar-refractivity contribution in [2.45, 2.75) is 33.6 Å². The van der Waals surface area contributed by atoms with Gasteiger partial charge in [-0.15, -0.1) is 0 Å². The first-order valence-corrected chi connectivity index (χ1v) is 12.2. The molecule has 176 valence electrons. The van der Waals surface area contributed by atoms with E-state index in [1.165, 1.54) is 0 Å². The van der Waals surface area contributed by atoms with Crippen molar-refractivity contribution >= 4 is 28.7 Å². The summed E-state index contributed by atoms with van der Waals surface area (Å²) in [4.78, 5) is 18.0. The second kappa shape index (κ2) is 11.1. The van der Waals surface area contributed by atoms with Crippen LogP contribution in [0.25, 0.3) is 33.4 Å². The fourth-order valence-corrected chi connectivity index (χ4v) is 4.16. The summed E-state index contributed by atoms with van der Waals surface area (Å²) in [5, 5.41) is 0. The lowest BCUT2D eigenvalue weighted by Gasteiger charge is -2.13. The number of rotatable bonds is 10. The highest BCUT2D eigenvalue weighted by Gasteiger charge is 2.25. The maximum absolute atomic E-state index is 13.2. The van der Waals surface area contributed by atoms with Gasteiger partial charge in [0.15, 0.2) is 5.69 Å². The van der Waals surface area contributed by atoms with E-state index in [0.717, 1.165) is 47.2 Å². The van der Waals surface area contributed by atoms with Crippen molar-refractivity contribution < 1.29 is 19.0 Å². The van der Waals surface area contributed by atoms with E-state index >= 15 is 0 Å². The molecule has 0 aliphatic rings. The Labute approximate surface area is 203 Å². The van der Waals surface area contributed by atoms with Gasteiger partial charge in [-0.2, -0.15) is 8.75 Å². The normalized spacial score (nSPS) is 10.9. The van der Waals surface area contributed by atoms with E-state index in [4.69, 9.17) is 19.2 Å². The number of pyridine rings is 1. The summed E-state index contributed by atoms with van der Waals surface area (Å²) in [6.07, 6.45) is 1.72. The number of carbonyl (C=O) groups excluding carboxylic acids is 1. The first kappa shape index (κ1) is 23.6. The number of aromatic nitrogens is 3. The van der Waals surface area contributed by atoms with Gasteiger partial charge in [-0.25, -0.2) is 9.78 Å². The Hall–Kier alpha value is -3.52. The third-order valence-corrected chi connectivity index (χ3v) is 5.76. The largest absolute Gasteiger partial charge is 0.494 e. The number of nitrogens with zero attached hydrogens (tertiary/aromatic N) is 3. The zero-order valence-electron chi connectivity index (χ0n) is 19.5. The first-order chi connectivity index (χ1) is 16.7. The van der Waals surface area contributed by atoms with Crippen molar-refractivity contribution in [2.75, 3.05) is 19.8 Å². The number of unbranched alkanes of at least 4 members (excludes halogenated alkanes) is 1. The van der Waals surface area contributed by atoms with Crippen LogP contribution in [0.3, 0.4) is 0 Å². The fourth-order valence-electron chi connectivity index (χ4n) is 3.60. The van der Waals surface area contributed by atoms with Gasteiger partial charge in [0.2, 0.25) is 0 Å². The molecule has 0 fully saturated rings. The Bertz CT molecular complexity index is 1250. The van der Waals surface area contributed by atoms with Gasteiger partial charge in [0.25, 0.3) is 0 Å². The second-order valence-corrected chi connectivity index (χ2v) is 8.08. The molecule has 7 nitrogen and oxygen atoms in total. The molecule has 0 bridgehead atoms. The molecule has 0 aliphatic carbocycles. The second-order valence-electron chi connectivity index (χ2n) is 7.55. The molecule has 8 heteroatoms. The molecule has 0 radical (unpaired) electrons. The van der Waals surface area contributed by atoms with Crippen LogP contribution in [0, 0.1) is 0 Å². The molecule has 0 aliphatic heterocycles. The van der Waals surface area contributed by atoms with Crippen LogP contribution in [0.1, 0.15) is 44.1 Å². The molecule has 0 spiro atoms. The lowest BCUT2D eigenvalue weighted by atomic mass is 9.99. The number of esters is 1. The van der Waals surface area contributed by atoms with E-state index in [-0.39, 0.29) is 5.69 Å². The highest BCUT2D eigenvalue weighted by atomic mass is 32.1. The molecular formula is C26H27N3O4S. The Morgan fingerprint density at radius 2 is 1.41 bits per heavy atom. The van der Waals surface area contributed by atoms with Gasteiger partial charge in [-0.05, 0) is 62.2 Å². The van der Waals surface area contributed by atoms with Crippen molar-refractivity contribution in [3.63, 3.8) is 0 Å². The Morgan fingerprint density at radius 1 is 0.824 bits per heavy atom. The molecule has 0 saturated carbocycles. The molecule has 4 aromatic rings. The van der Waals surface area contributed by atoms with E-state index in [0.29, 0.717) is 42.1 Å². The Morgan fingerprint density at radius 3 is 2.00 bits per heavy atom. The molecule has 34 heavy (non-hydrogen) atoms. The smallest absolute Gasteiger partial charge is 0.357 e. The number of benzene rings is 2. The maximum Gasteiger partial charge on any atom is 0.357 e. The minimum Gasteiger partial charge on any atom is -0.494 e. The molecule has 2 aromatic carbocycles. The summed E-state index contributed by atoms with van der Waals surface area (Å²) in [6, 6.07) is 15.1. The van der Waals surface area contributed by atoms with Crippen LogP contribution < -0.4 is 9.47 Å². The average molecular weight is 478 g/mol. The van der Waals surface area contributed by atoms with Gasteiger partial charge in [0, 0.05) is 11.1 Å². The van der Waals surface area contributed by atoms with E-state index in [2.05, 4.69) is 15.7 Å². The maximum atomic E-state index is 13.2. The molecule has 2 aromatic heterocycles. The van der Waals surface area contributed by atoms with Crippen molar-refractivity contribution in [1.29, 1.82) is 0 Å². The summed E-state index contributed by atoms with van der Waals surface area (Å²) in [5.74, 6) is 1.05. The fraction of sp³-hybridized carbons (Fsp3) is 0.308. The molecule has 2 heterocycles. The van der Waals surface area contributed by atoms with Crippen LogP contribution in [0.15, 0.2) is 48.5 Å².